The van der Waals surface area contributed by atoms with Gasteiger partial charge in [0.25, 0.3) is 11.2 Å². The molecule has 0 aliphatic heterocycles. The van der Waals surface area contributed by atoms with Gasteiger partial charge >= 0.3 is 0 Å². The summed E-state index contributed by atoms with van der Waals surface area (Å²) in [6.07, 6.45) is 4.25. The maximum atomic E-state index is 12.2. The zero-order valence-corrected chi connectivity index (χ0v) is 17.4. The minimum absolute atomic E-state index is 0.0399. The van der Waals surface area contributed by atoms with Crippen LogP contribution in [-0.4, -0.2) is 15.7 Å². The fraction of sp³-hybridized carbons (Fsp3) is 0. The van der Waals surface area contributed by atoms with E-state index in [-0.39, 0.29) is 22.8 Å². The Balaban J connectivity index is 1.65. The summed E-state index contributed by atoms with van der Waals surface area (Å²) in [5, 5.41) is 10.9. The lowest BCUT2D eigenvalue weighted by Crippen LogP contribution is -2.19. The van der Waals surface area contributed by atoms with Crippen LogP contribution in [0.25, 0.3) is 23.5 Å². The van der Waals surface area contributed by atoms with Gasteiger partial charge in [0.05, 0.1) is 20.4 Å². The lowest BCUT2D eigenvalue weighted by molar-refractivity contribution is -0.384. The quantitative estimate of drug-likeness (QED) is 0.262. The summed E-state index contributed by atoms with van der Waals surface area (Å²) < 4.78 is 12.1. The zero-order valence-electron chi connectivity index (χ0n) is 15.0. The molecule has 0 bridgehead atoms. The minimum Gasteiger partial charge on any atom is -0.461 e. The molecule has 3 aromatic heterocycles. The number of nitro benzene ring substituents is 1. The average Bonchev–Trinajstić information content (AvgIpc) is 3.44. The Morgan fingerprint density at radius 3 is 2.77 bits per heavy atom. The summed E-state index contributed by atoms with van der Waals surface area (Å²) in [4.78, 5) is 37.3. The third kappa shape index (κ3) is 4.09. The van der Waals surface area contributed by atoms with Crippen molar-refractivity contribution in [2.24, 2.45) is 0 Å². The maximum Gasteiger partial charge on any atom is 0.270 e. The largest absolute Gasteiger partial charge is 0.461 e. The molecule has 4 aromatic rings. The highest BCUT2D eigenvalue weighted by atomic mass is 79.9. The van der Waals surface area contributed by atoms with Gasteiger partial charge in [-0.2, -0.15) is 0 Å². The number of Topliss-reactive ketones (excluding diaryl/α,β-unsaturated/α-hetero) is 1. The Kier molecular flexibility index (Phi) is 5.34. The van der Waals surface area contributed by atoms with Crippen molar-refractivity contribution in [3.05, 3.63) is 94.4 Å². The second kappa shape index (κ2) is 8.09. The van der Waals surface area contributed by atoms with Gasteiger partial charge in [-0.15, -0.1) is 11.3 Å². The van der Waals surface area contributed by atoms with Crippen LogP contribution < -0.4 is 14.8 Å². The normalized spacial score (nSPS) is 12.4. The van der Waals surface area contributed by atoms with Gasteiger partial charge in [0, 0.05) is 34.3 Å². The van der Waals surface area contributed by atoms with E-state index >= 15 is 0 Å². The first-order valence-electron chi connectivity index (χ1n) is 8.45. The molecule has 0 atom stereocenters. The molecule has 3 heterocycles. The summed E-state index contributed by atoms with van der Waals surface area (Å²) in [6, 6.07) is 10.9. The molecule has 0 fully saturated rings. The SMILES string of the molecule is O=C(/C=c1/[nH]c(=O)/c(=C/c2ccc(-c3ccc([N+](=O)[O-])cc3Br)o2)s1)c1ccco1. The van der Waals surface area contributed by atoms with Crippen LogP contribution in [0.1, 0.15) is 16.3 Å². The number of hydrogen-bond donors (Lipinski definition) is 1. The van der Waals surface area contributed by atoms with Crippen LogP contribution in [0.5, 0.6) is 0 Å². The van der Waals surface area contributed by atoms with E-state index in [2.05, 4.69) is 20.9 Å². The van der Waals surface area contributed by atoms with Crippen LogP contribution in [-0.2, 0) is 0 Å². The van der Waals surface area contributed by atoms with Gasteiger partial charge in [0.2, 0.25) is 5.78 Å². The molecular formula is C20H11BrN2O6S. The smallest absolute Gasteiger partial charge is 0.270 e. The number of nitro groups is 1. The average molecular weight is 487 g/mol. The van der Waals surface area contributed by atoms with Crippen molar-refractivity contribution in [2.45, 2.75) is 0 Å². The second-order valence-corrected chi connectivity index (χ2v) is 7.98. The summed E-state index contributed by atoms with van der Waals surface area (Å²) >= 11 is 4.42. The van der Waals surface area contributed by atoms with Gasteiger partial charge in [0.1, 0.15) is 11.5 Å². The maximum absolute atomic E-state index is 12.2. The monoisotopic (exact) mass is 486 g/mol. The van der Waals surface area contributed by atoms with E-state index in [4.69, 9.17) is 8.83 Å². The van der Waals surface area contributed by atoms with Crippen LogP contribution in [0.2, 0.25) is 0 Å². The first-order chi connectivity index (χ1) is 14.4. The second-order valence-electron chi connectivity index (χ2n) is 6.04. The first-order valence-corrected chi connectivity index (χ1v) is 10.1. The highest BCUT2D eigenvalue weighted by molar-refractivity contribution is 9.10. The molecule has 0 spiro atoms. The van der Waals surface area contributed by atoms with Crippen molar-refractivity contribution in [3.8, 4) is 11.3 Å². The number of rotatable bonds is 5. The van der Waals surface area contributed by atoms with Gasteiger partial charge < -0.3 is 13.8 Å². The zero-order chi connectivity index (χ0) is 21.3. The van der Waals surface area contributed by atoms with Crippen LogP contribution in [0.4, 0.5) is 5.69 Å². The molecule has 1 aromatic carbocycles. The third-order valence-electron chi connectivity index (χ3n) is 4.04. The molecule has 4 rings (SSSR count). The number of benzene rings is 1. The predicted octanol–water partition coefficient (Wildman–Crippen LogP) is 3.45. The number of carbonyl (C=O) groups is 1. The van der Waals surface area contributed by atoms with E-state index in [1.807, 2.05) is 0 Å². The number of furan rings is 2. The fourth-order valence-electron chi connectivity index (χ4n) is 2.66. The topological polar surface area (TPSA) is 119 Å². The van der Waals surface area contributed by atoms with Gasteiger partial charge in [-0.25, -0.2) is 0 Å². The molecule has 0 unspecified atom stereocenters. The number of aromatic amines is 1. The standard InChI is InChI=1S/C20H11BrN2O6S/c21-14-8-11(23(26)27)3-5-13(14)16-6-4-12(29-16)9-18-20(25)22-19(30-18)10-15(24)17-2-1-7-28-17/h1-10H,(H,22,25)/b18-9-,19-10-. The number of thiazole rings is 1. The number of H-pyrrole nitrogens is 1. The molecule has 0 saturated heterocycles. The fourth-order valence-corrected chi connectivity index (χ4v) is 4.08. The molecule has 8 nitrogen and oxygen atoms in total. The highest BCUT2D eigenvalue weighted by Gasteiger charge is 2.13. The van der Waals surface area contributed by atoms with E-state index in [9.17, 15) is 19.7 Å². The molecule has 0 aliphatic carbocycles. The van der Waals surface area contributed by atoms with Crippen LogP contribution in [0, 0.1) is 10.1 Å². The van der Waals surface area contributed by atoms with Gasteiger partial charge in [-0.05, 0) is 46.3 Å². The predicted molar refractivity (Wildman–Crippen MR) is 114 cm³/mol. The van der Waals surface area contributed by atoms with Crippen molar-refractivity contribution >= 4 is 50.9 Å². The van der Waals surface area contributed by atoms with E-state index < -0.39 is 4.92 Å². The number of carbonyl (C=O) groups excluding carboxylic acids is 1. The molecule has 30 heavy (non-hydrogen) atoms. The van der Waals surface area contributed by atoms with Crippen molar-refractivity contribution in [1.82, 2.24) is 4.98 Å². The Morgan fingerprint density at radius 1 is 1.23 bits per heavy atom. The van der Waals surface area contributed by atoms with Crippen LogP contribution >= 0.6 is 27.3 Å². The molecular weight excluding hydrogens is 476 g/mol. The molecule has 0 amide bonds. The molecule has 0 saturated carbocycles. The first kappa shape index (κ1) is 19.8. The Hall–Kier alpha value is -3.50. The number of ketones is 1. The molecule has 150 valence electrons. The number of nitrogens with zero attached hydrogens (tertiary/aromatic N) is 1. The molecule has 1 N–H and O–H groups in total. The van der Waals surface area contributed by atoms with Crippen LogP contribution in [0.3, 0.4) is 0 Å². The van der Waals surface area contributed by atoms with Crippen LogP contribution in [0.15, 0.2) is 66.8 Å². The Labute approximate surface area is 180 Å². The van der Waals surface area contributed by atoms with Gasteiger partial charge in [0.15, 0.2) is 5.76 Å². The summed E-state index contributed by atoms with van der Waals surface area (Å²) in [5.74, 6) is 0.730. The lowest BCUT2D eigenvalue weighted by atomic mass is 10.1. The van der Waals surface area contributed by atoms with Crippen molar-refractivity contribution in [1.29, 1.82) is 0 Å². The third-order valence-corrected chi connectivity index (χ3v) is 5.65. The summed E-state index contributed by atoms with van der Waals surface area (Å²) in [5.41, 5.74) is 0.244. The number of halogens is 1. The summed E-state index contributed by atoms with van der Waals surface area (Å²) in [6.45, 7) is 0. The lowest BCUT2D eigenvalue weighted by Gasteiger charge is -2.00. The van der Waals surface area contributed by atoms with E-state index in [0.717, 1.165) is 11.3 Å². The van der Waals surface area contributed by atoms with E-state index in [1.165, 1.54) is 30.5 Å². The molecule has 10 heteroatoms. The van der Waals surface area contributed by atoms with Gasteiger partial charge in [-0.3, -0.25) is 19.7 Å². The Morgan fingerprint density at radius 2 is 2.07 bits per heavy atom. The van der Waals surface area contributed by atoms with E-state index in [0.29, 0.717) is 30.8 Å². The Bertz CT molecular complexity index is 1430. The molecule has 0 radical (unpaired) electrons. The number of hydrogen-bond acceptors (Lipinski definition) is 7. The summed E-state index contributed by atoms with van der Waals surface area (Å²) in [7, 11) is 0. The minimum atomic E-state index is -0.482. The number of non-ortho nitro benzene ring substituents is 1. The van der Waals surface area contributed by atoms with Gasteiger partial charge in [-0.1, -0.05) is 0 Å². The van der Waals surface area contributed by atoms with Crippen molar-refractivity contribution in [3.63, 3.8) is 0 Å². The van der Waals surface area contributed by atoms with Crippen molar-refractivity contribution in [2.75, 3.05) is 0 Å². The van der Waals surface area contributed by atoms with E-state index in [1.54, 1.807) is 30.3 Å². The highest BCUT2D eigenvalue weighted by Crippen LogP contribution is 2.32. The number of aromatic nitrogens is 1. The van der Waals surface area contributed by atoms with Crippen molar-refractivity contribution < 1.29 is 18.6 Å². The molecule has 0 aliphatic rings. The number of nitrogens with one attached hydrogen (secondary N) is 1.